The SMILES string of the molecule is CC(C)=CCc1c(O)cc2occ(-c3ccc(C)c(O)c3)c(=O)c2c1O. The Bertz CT molecular complexity index is 1090. The zero-order chi connectivity index (χ0) is 19.0. The van der Waals surface area contributed by atoms with Crippen LogP contribution in [0.3, 0.4) is 0 Å². The Morgan fingerprint density at radius 2 is 1.85 bits per heavy atom. The van der Waals surface area contributed by atoms with Gasteiger partial charge in [-0.15, -0.1) is 0 Å². The third kappa shape index (κ3) is 3.04. The molecule has 3 aromatic rings. The first kappa shape index (κ1) is 17.6. The van der Waals surface area contributed by atoms with Crippen molar-refractivity contribution >= 4 is 11.0 Å². The van der Waals surface area contributed by atoms with Crippen molar-refractivity contribution in [2.24, 2.45) is 0 Å². The number of hydrogen-bond acceptors (Lipinski definition) is 5. The molecule has 0 fully saturated rings. The Balaban J connectivity index is 2.26. The number of aryl methyl sites for hydroxylation is 1. The van der Waals surface area contributed by atoms with Crippen LogP contribution in [0, 0.1) is 6.92 Å². The Labute approximate surface area is 150 Å². The van der Waals surface area contributed by atoms with Gasteiger partial charge >= 0.3 is 0 Å². The summed E-state index contributed by atoms with van der Waals surface area (Å²) in [5, 5.41) is 30.7. The highest BCUT2D eigenvalue weighted by molar-refractivity contribution is 5.89. The average Bonchev–Trinajstić information content (AvgIpc) is 2.57. The Morgan fingerprint density at radius 3 is 2.50 bits per heavy atom. The summed E-state index contributed by atoms with van der Waals surface area (Å²) < 4.78 is 5.47. The fourth-order valence-electron chi connectivity index (χ4n) is 2.78. The molecule has 3 rings (SSSR count). The maximum Gasteiger partial charge on any atom is 0.204 e. The molecule has 0 unspecified atom stereocenters. The van der Waals surface area contributed by atoms with Crippen LogP contribution in [0.15, 0.2) is 51.4 Å². The number of rotatable bonds is 3. The standard InChI is InChI=1S/C21H20O5/c1-11(2)4-7-14-17(23)9-18-19(20(14)24)21(25)15(10-26-18)13-6-5-12(3)16(22)8-13/h4-6,8-10,22-24H,7H2,1-3H3. The van der Waals surface area contributed by atoms with E-state index in [0.717, 1.165) is 5.57 Å². The lowest BCUT2D eigenvalue weighted by Crippen LogP contribution is -2.06. The molecule has 0 radical (unpaired) electrons. The molecule has 26 heavy (non-hydrogen) atoms. The molecule has 1 heterocycles. The molecular formula is C21H20O5. The van der Waals surface area contributed by atoms with Crippen molar-refractivity contribution < 1.29 is 19.7 Å². The number of fused-ring (bicyclic) bond motifs is 1. The van der Waals surface area contributed by atoms with Crippen LogP contribution in [0.2, 0.25) is 0 Å². The predicted molar refractivity (Wildman–Crippen MR) is 101 cm³/mol. The number of aromatic hydroxyl groups is 3. The summed E-state index contributed by atoms with van der Waals surface area (Å²) in [4.78, 5) is 12.9. The number of allylic oxidation sites excluding steroid dienone is 2. The van der Waals surface area contributed by atoms with Crippen LogP contribution in [-0.2, 0) is 6.42 Å². The third-order valence-corrected chi connectivity index (χ3v) is 4.36. The van der Waals surface area contributed by atoms with Gasteiger partial charge in [0.15, 0.2) is 0 Å². The second-order valence-corrected chi connectivity index (χ2v) is 6.56. The van der Waals surface area contributed by atoms with Gasteiger partial charge in [-0.25, -0.2) is 0 Å². The lowest BCUT2D eigenvalue weighted by atomic mass is 10.00. The highest BCUT2D eigenvalue weighted by Crippen LogP contribution is 2.36. The highest BCUT2D eigenvalue weighted by atomic mass is 16.3. The summed E-state index contributed by atoms with van der Waals surface area (Å²) in [6.07, 6.45) is 3.42. The number of phenolic OH excluding ortho intramolecular Hbond substituents is 3. The minimum Gasteiger partial charge on any atom is -0.508 e. The van der Waals surface area contributed by atoms with Crippen molar-refractivity contribution in [3.05, 3.63) is 63.5 Å². The van der Waals surface area contributed by atoms with Gasteiger partial charge in [-0.3, -0.25) is 4.79 Å². The Hall–Kier alpha value is -3.21. The van der Waals surface area contributed by atoms with E-state index in [4.69, 9.17) is 4.42 Å². The van der Waals surface area contributed by atoms with Crippen LogP contribution in [0.1, 0.15) is 25.0 Å². The summed E-state index contributed by atoms with van der Waals surface area (Å²) in [6, 6.07) is 6.22. The molecule has 0 amide bonds. The summed E-state index contributed by atoms with van der Waals surface area (Å²) in [5.74, 6) is -0.345. The van der Waals surface area contributed by atoms with Crippen molar-refractivity contribution in [1.82, 2.24) is 0 Å². The number of hydrogen-bond donors (Lipinski definition) is 3. The molecule has 0 spiro atoms. The van der Waals surface area contributed by atoms with Gasteiger partial charge in [0, 0.05) is 11.6 Å². The van der Waals surface area contributed by atoms with E-state index in [9.17, 15) is 20.1 Å². The van der Waals surface area contributed by atoms with Crippen molar-refractivity contribution in [2.45, 2.75) is 27.2 Å². The van der Waals surface area contributed by atoms with Crippen LogP contribution < -0.4 is 5.43 Å². The smallest absolute Gasteiger partial charge is 0.204 e. The van der Waals surface area contributed by atoms with Crippen LogP contribution in [0.4, 0.5) is 0 Å². The quantitative estimate of drug-likeness (QED) is 0.608. The topological polar surface area (TPSA) is 90.9 Å². The summed E-state index contributed by atoms with van der Waals surface area (Å²) in [7, 11) is 0. The van der Waals surface area contributed by atoms with Crippen LogP contribution in [0.25, 0.3) is 22.1 Å². The van der Waals surface area contributed by atoms with E-state index in [1.807, 2.05) is 19.9 Å². The van der Waals surface area contributed by atoms with Gasteiger partial charge in [0.1, 0.15) is 34.5 Å². The van der Waals surface area contributed by atoms with E-state index >= 15 is 0 Å². The van der Waals surface area contributed by atoms with Crippen molar-refractivity contribution in [3.63, 3.8) is 0 Å². The largest absolute Gasteiger partial charge is 0.508 e. The highest BCUT2D eigenvalue weighted by Gasteiger charge is 2.18. The molecule has 0 aliphatic carbocycles. The zero-order valence-corrected chi connectivity index (χ0v) is 14.8. The molecule has 0 atom stereocenters. The van der Waals surface area contributed by atoms with Crippen LogP contribution in [0.5, 0.6) is 17.2 Å². The van der Waals surface area contributed by atoms with Gasteiger partial charge in [-0.1, -0.05) is 23.8 Å². The molecule has 0 bridgehead atoms. The Kier molecular flexibility index (Phi) is 4.47. The maximum atomic E-state index is 12.9. The normalized spacial score (nSPS) is 10.9. The van der Waals surface area contributed by atoms with Crippen LogP contribution >= 0.6 is 0 Å². The summed E-state index contributed by atoms with van der Waals surface area (Å²) in [6.45, 7) is 5.57. The van der Waals surface area contributed by atoms with E-state index in [1.165, 1.54) is 18.4 Å². The van der Waals surface area contributed by atoms with Gasteiger partial charge in [0.25, 0.3) is 0 Å². The molecule has 5 nitrogen and oxygen atoms in total. The van der Waals surface area contributed by atoms with Gasteiger partial charge in [-0.05, 0) is 44.4 Å². The second kappa shape index (κ2) is 6.59. The number of phenols is 3. The number of benzene rings is 2. The minimum atomic E-state index is -0.426. The van der Waals surface area contributed by atoms with E-state index in [2.05, 4.69) is 0 Å². The van der Waals surface area contributed by atoms with Crippen LogP contribution in [-0.4, -0.2) is 15.3 Å². The molecule has 3 N–H and O–H groups in total. The lowest BCUT2D eigenvalue weighted by Gasteiger charge is -2.10. The van der Waals surface area contributed by atoms with E-state index in [0.29, 0.717) is 17.5 Å². The lowest BCUT2D eigenvalue weighted by molar-refractivity contribution is 0.442. The van der Waals surface area contributed by atoms with E-state index in [-0.39, 0.29) is 39.3 Å². The molecule has 0 aliphatic heterocycles. The van der Waals surface area contributed by atoms with Gasteiger partial charge in [0.2, 0.25) is 5.43 Å². The maximum absolute atomic E-state index is 12.9. The average molecular weight is 352 g/mol. The molecule has 1 aromatic heterocycles. The molecule has 134 valence electrons. The molecule has 0 aliphatic rings. The Morgan fingerprint density at radius 1 is 1.12 bits per heavy atom. The van der Waals surface area contributed by atoms with Crippen molar-refractivity contribution in [3.8, 4) is 28.4 Å². The first-order valence-electron chi connectivity index (χ1n) is 8.22. The van der Waals surface area contributed by atoms with E-state index in [1.54, 1.807) is 19.1 Å². The predicted octanol–water partition coefficient (Wildman–Crippen LogP) is 4.39. The fraction of sp³-hybridized carbons (Fsp3) is 0.190. The van der Waals surface area contributed by atoms with E-state index < -0.39 is 5.43 Å². The first-order chi connectivity index (χ1) is 12.3. The molecule has 2 aromatic carbocycles. The summed E-state index contributed by atoms with van der Waals surface area (Å²) >= 11 is 0. The first-order valence-corrected chi connectivity index (χ1v) is 8.22. The fourth-order valence-corrected chi connectivity index (χ4v) is 2.78. The molecule has 0 saturated carbocycles. The minimum absolute atomic E-state index is 0.0116. The van der Waals surface area contributed by atoms with Crippen molar-refractivity contribution in [2.75, 3.05) is 0 Å². The van der Waals surface area contributed by atoms with Gasteiger partial charge in [-0.2, -0.15) is 0 Å². The molecule has 0 saturated heterocycles. The second-order valence-electron chi connectivity index (χ2n) is 6.56. The third-order valence-electron chi connectivity index (χ3n) is 4.36. The van der Waals surface area contributed by atoms with Gasteiger partial charge < -0.3 is 19.7 Å². The van der Waals surface area contributed by atoms with Crippen molar-refractivity contribution in [1.29, 1.82) is 0 Å². The van der Waals surface area contributed by atoms with Gasteiger partial charge in [0.05, 0.1) is 5.56 Å². The molecular weight excluding hydrogens is 332 g/mol. The summed E-state index contributed by atoms with van der Waals surface area (Å²) in [5.41, 5.74) is 2.38. The molecule has 5 heteroatoms. The zero-order valence-electron chi connectivity index (χ0n) is 14.8. The monoisotopic (exact) mass is 352 g/mol.